The molecule has 0 fully saturated rings. The molecular weight excluding hydrogens is 278 g/mol. The topological polar surface area (TPSA) is 103 Å². The lowest BCUT2D eigenvalue weighted by Gasteiger charge is -2.22. The maximum absolute atomic E-state index is 5.40. The minimum atomic E-state index is 0.710. The zero-order valence-electron chi connectivity index (χ0n) is 15.1. The van der Waals surface area contributed by atoms with Crippen LogP contribution in [-0.4, -0.2) is 91.0 Å². The quantitative estimate of drug-likeness (QED) is 0.198. The molecule has 0 saturated heterocycles. The number of nitrogens with two attached hydrogens (primary N) is 2. The van der Waals surface area contributed by atoms with Crippen molar-refractivity contribution in [2.75, 3.05) is 86.1 Å². The zero-order chi connectivity index (χ0) is 16.9. The summed E-state index contributed by atoms with van der Waals surface area (Å²) in [4.78, 5) is 2.47. The first-order valence-electron chi connectivity index (χ1n) is 8.59. The summed E-state index contributed by atoms with van der Waals surface area (Å²) < 4.78 is 0. The van der Waals surface area contributed by atoms with Crippen molar-refractivity contribution in [1.82, 2.24) is 26.2 Å². The van der Waals surface area contributed by atoms with Gasteiger partial charge >= 0.3 is 0 Å². The standard InChI is InChI=1S/C12H32N6.C3H9N/c1-14-7-10-18(11-8-15-2)12-9-17-6-5-16-4-3-13;1-2-3-4/h14-17H,3-13H2,1-2H3;2-4H2,1H3. The van der Waals surface area contributed by atoms with Crippen molar-refractivity contribution in [1.29, 1.82) is 0 Å². The Hall–Kier alpha value is -0.280. The molecule has 0 aliphatic rings. The van der Waals surface area contributed by atoms with Crippen LogP contribution in [0.3, 0.4) is 0 Å². The predicted octanol–water partition coefficient (Wildman–Crippen LogP) is -1.78. The molecule has 8 N–H and O–H groups in total. The van der Waals surface area contributed by atoms with Crippen molar-refractivity contribution in [3.05, 3.63) is 0 Å². The van der Waals surface area contributed by atoms with Crippen molar-refractivity contribution in [2.45, 2.75) is 13.3 Å². The first-order chi connectivity index (χ1) is 10.8. The minimum Gasteiger partial charge on any atom is -0.330 e. The van der Waals surface area contributed by atoms with E-state index in [4.69, 9.17) is 11.5 Å². The van der Waals surface area contributed by atoms with Crippen LogP contribution < -0.4 is 32.7 Å². The molecule has 7 nitrogen and oxygen atoms in total. The number of likely N-dealkylation sites (N-methyl/N-ethyl adjacent to an activating group) is 2. The summed E-state index contributed by atoms with van der Waals surface area (Å²) in [5, 5.41) is 13.1. The van der Waals surface area contributed by atoms with Crippen LogP contribution in [0, 0.1) is 0 Å². The fourth-order valence-corrected chi connectivity index (χ4v) is 1.64. The summed E-state index contributed by atoms with van der Waals surface area (Å²) in [7, 11) is 4.00. The summed E-state index contributed by atoms with van der Waals surface area (Å²) in [6, 6.07) is 0. The molecule has 0 rings (SSSR count). The molecular formula is C15H41N7. The summed E-state index contributed by atoms with van der Waals surface area (Å²) in [6.07, 6.45) is 1.10. The minimum absolute atomic E-state index is 0.710. The molecule has 0 heterocycles. The van der Waals surface area contributed by atoms with E-state index in [-0.39, 0.29) is 0 Å². The SMILES string of the molecule is CCCN.CNCCN(CCNC)CCNCCNCCN. The molecule has 136 valence electrons. The highest BCUT2D eigenvalue weighted by atomic mass is 15.2. The lowest BCUT2D eigenvalue weighted by atomic mass is 10.4. The van der Waals surface area contributed by atoms with E-state index in [1.165, 1.54) is 0 Å². The van der Waals surface area contributed by atoms with Gasteiger partial charge in [0.2, 0.25) is 0 Å². The Labute approximate surface area is 137 Å². The average Bonchev–Trinajstić information content (AvgIpc) is 2.56. The van der Waals surface area contributed by atoms with Gasteiger partial charge in [-0.3, -0.25) is 4.90 Å². The lowest BCUT2D eigenvalue weighted by Crippen LogP contribution is -2.40. The van der Waals surface area contributed by atoms with Crippen LogP contribution in [-0.2, 0) is 0 Å². The molecule has 0 aliphatic heterocycles. The third-order valence-electron chi connectivity index (χ3n) is 3.05. The third kappa shape index (κ3) is 22.0. The highest BCUT2D eigenvalue weighted by molar-refractivity contribution is 4.63. The van der Waals surface area contributed by atoms with Gasteiger partial charge in [0, 0.05) is 65.4 Å². The molecule has 0 bridgehead atoms. The van der Waals surface area contributed by atoms with Gasteiger partial charge in [-0.05, 0) is 27.1 Å². The Morgan fingerprint density at radius 3 is 1.55 bits per heavy atom. The number of rotatable bonds is 15. The molecule has 0 unspecified atom stereocenters. The maximum Gasteiger partial charge on any atom is 0.0108 e. The van der Waals surface area contributed by atoms with Gasteiger partial charge in [0.15, 0.2) is 0 Å². The van der Waals surface area contributed by atoms with Gasteiger partial charge in [-0.2, -0.15) is 0 Å². The van der Waals surface area contributed by atoms with Gasteiger partial charge in [0.05, 0.1) is 0 Å². The van der Waals surface area contributed by atoms with Crippen LogP contribution in [0.4, 0.5) is 0 Å². The second kappa shape index (κ2) is 23.0. The van der Waals surface area contributed by atoms with Crippen LogP contribution in [0.25, 0.3) is 0 Å². The first-order valence-corrected chi connectivity index (χ1v) is 8.59. The zero-order valence-corrected chi connectivity index (χ0v) is 15.1. The van der Waals surface area contributed by atoms with Gasteiger partial charge in [0.1, 0.15) is 0 Å². The maximum atomic E-state index is 5.40. The lowest BCUT2D eigenvalue weighted by molar-refractivity contribution is 0.276. The van der Waals surface area contributed by atoms with E-state index in [0.717, 1.165) is 71.9 Å². The van der Waals surface area contributed by atoms with Crippen LogP contribution in [0.5, 0.6) is 0 Å². The monoisotopic (exact) mass is 319 g/mol. The van der Waals surface area contributed by atoms with Crippen molar-refractivity contribution < 1.29 is 0 Å². The van der Waals surface area contributed by atoms with E-state index >= 15 is 0 Å². The fourth-order valence-electron chi connectivity index (χ4n) is 1.64. The molecule has 22 heavy (non-hydrogen) atoms. The van der Waals surface area contributed by atoms with Crippen LogP contribution >= 0.6 is 0 Å². The fraction of sp³-hybridized carbons (Fsp3) is 1.00. The van der Waals surface area contributed by atoms with E-state index in [2.05, 4.69) is 33.1 Å². The molecule has 0 radical (unpaired) electrons. The van der Waals surface area contributed by atoms with Gasteiger partial charge in [-0.1, -0.05) is 6.92 Å². The number of hydrogen-bond donors (Lipinski definition) is 6. The van der Waals surface area contributed by atoms with E-state index in [1.807, 2.05) is 14.1 Å². The first kappa shape index (κ1) is 24.0. The molecule has 0 atom stereocenters. The van der Waals surface area contributed by atoms with E-state index in [0.29, 0.717) is 6.54 Å². The van der Waals surface area contributed by atoms with Gasteiger partial charge in [-0.15, -0.1) is 0 Å². The van der Waals surface area contributed by atoms with E-state index in [1.54, 1.807) is 0 Å². The largest absolute Gasteiger partial charge is 0.330 e. The van der Waals surface area contributed by atoms with Gasteiger partial charge < -0.3 is 32.7 Å². The molecule has 7 heteroatoms. The highest BCUT2D eigenvalue weighted by Gasteiger charge is 2.02. The van der Waals surface area contributed by atoms with E-state index in [9.17, 15) is 0 Å². The summed E-state index contributed by atoms with van der Waals surface area (Å²) in [6.45, 7) is 12.9. The van der Waals surface area contributed by atoms with Gasteiger partial charge in [0.25, 0.3) is 0 Å². The van der Waals surface area contributed by atoms with Gasteiger partial charge in [-0.25, -0.2) is 0 Å². The van der Waals surface area contributed by atoms with Crippen molar-refractivity contribution >= 4 is 0 Å². The predicted molar refractivity (Wildman–Crippen MR) is 98.4 cm³/mol. The second-order valence-corrected chi connectivity index (χ2v) is 5.13. The molecule has 0 saturated carbocycles. The Balaban J connectivity index is 0. The van der Waals surface area contributed by atoms with Crippen molar-refractivity contribution in [3.8, 4) is 0 Å². The molecule has 0 amide bonds. The Kier molecular flexibility index (Phi) is 25.1. The van der Waals surface area contributed by atoms with Crippen molar-refractivity contribution in [2.24, 2.45) is 11.5 Å². The van der Waals surface area contributed by atoms with E-state index < -0.39 is 0 Å². The molecule has 0 aromatic heterocycles. The average molecular weight is 320 g/mol. The summed E-state index contributed by atoms with van der Waals surface area (Å²) in [5.74, 6) is 0. The normalized spacial score (nSPS) is 10.6. The highest BCUT2D eigenvalue weighted by Crippen LogP contribution is 1.85. The summed E-state index contributed by atoms with van der Waals surface area (Å²) >= 11 is 0. The smallest absolute Gasteiger partial charge is 0.0108 e. The van der Waals surface area contributed by atoms with Crippen LogP contribution in [0.2, 0.25) is 0 Å². The third-order valence-corrected chi connectivity index (χ3v) is 3.05. The molecule has 0 aromatic carbocycles. The van der Waals surface area contributed by atoms with Crippen LogP contribution in [0.15, 0.2) is 0 Å². The van der Waals surface area contributed by atoms with Crippen LogP contribution in [0.1, 0.15) is 13.3 Å². The summed E-state index contributed by atoms with van der Waals surface area (Å²) in [5.41, 5.74) is 10.4. The second-order valence-electron chi connectivity index (χ2n) is 5.13. The molecule has 0 aliphatic carbocycles. The number of hydrogen-bond acceptors (Lipinski definition) is 7. The number of nitrogens with zero attached hydrogens (tertiary/aromatic N) is 1. The Bertz CT molecular complexity index is 171. The Morgan fingerprint density at radius 1 is 0.682 bits per heavy atom. The Morgan fingerprint density at radius 2 is 1.14 bits per heavy atom. The number of nitrogens with one attached hydrogen (secondary N) is 4. The molecule has 0 aromatic rings. The molecule has 0 spiro atoms. The van der Waals surface area contributed by atoms with Crippen molar-refractivity contribution in [3.63, 3.8) is 0 Å².